The molecule has 0 saturated carbocycles. The maximum absolute atomic E-state index is 13.7. The molecule has 13 heteroatoms. The number of carbonyl (C=O) groups is 5. The van der Waals surface area contributed by atoms with Gasteiger partial charge >= 0.3 is 11.9 Å². The maximum atomic E-state index is 13.7. The molecule has 2 aromatic rings. The third-order valence-corrected chi connectivity index (χ3v) is 7.13. The van der Waals surface area contributed by atoms with E-state index >= 15 is 0 Å². The fourth-order valence-electron chi connectivity index (χ4n) is 4.92. The summed E-state index contributed by atoms with van der Waals surface area (Å²) in [7, 11) is 1.78. The van der Waals surface area contributed by atoms with Gasteiger partial charge in [-0.3, -0.25) is 24.0 Å². The zero-order valence-corrected chi connectivity index (χ0v) is 24.8. The summed E-state index contributed by atoms with van der Waals surface area (Å²) in [5.41, 5.74) is 14.3. The zero-order valence-electron chi connectivity index (χ0n) is 24.8. The van der Waals surface area contributed by atoms with E-state index in [0.29, 0.717) is 30.0 Å². The van der Waals surface area contributed by atoms with E-state index in [-0.39, 0.29) is 51.2 Å². The molecule has 236 valence electrons. The van der Waals surface area contributed by atoms with Gasteiger partial charge in [-0.05, 0) is 24.5 Å². The molecule has 0 unspecified atom stereocenters. The Morgan fingerprint density at radius 3 is 2.20 bits per heavy atom. The van der Waals surface area contributed by atoms with Crippen LogP contribution in [-0.2, 0) is 30.5 Å². The number of fused-ring (bicyclic) bond motifs is 2. The average molecular weight is 609 g/mol. The predicted octanol–water partition coefficient (Wildman–Crippen LogP) is 1.89. The minimum Gasteiger partial charge on any atom is -0.481 e. The summed E-state index contributed by atoms with van der Waals surface area (Å²) < 4.78 is 0. The van der Waals surface area contributed by atoms with Crippen molar-refractivity contribution in [1.82, 2.24) is 21.1 Å². The highest BCUT2D eigenvalue weighted by Crippen LogP contribution is 2.37. The number of hydrazine groups is 1. The van der Waals surface area contributed by atoms with Gasteiger partial charge in [-0.1, -0.05) is 48.9 Å². The molecule has 0 aromatic heterocycles. The van der Waals surface area contributed by atoms with Crippen molar-refractivity contribution in [1.29, 1.82) is 0 Å². The second-order valence-corrected chi connectivity index (χ2v) is 10.3. The summed E-state index contributed by atoms with van der Waals surface area (Å²) in [5.74, 6) is -3.20. The van der Waals surface area contributed by atoms with Crippen molar-refractivity contribution in [3.8, 4) is 0 Å². The largest absolute Gasteiger partial charge is 0.481 e. The zero-order chi connectivity index (χ0) is 32.1. The Morgan fingerprint density at radius 1 is 0.818 bits per heavy atom. The van der Waals surface area contributed by atoms with Crippen LogP contribution in [0.1, 0.15) is 61.6 Å². The molecule has 0 fully saturated rings. The lowest BCUT2D eigenvalue weighted by Gasteiger charge is -2.35. The van der Waals surface area contributed by atoms with E-state index in [1.165, 1.54) is 0 Å². The van der Waals surface area contributed by atoms with Crippen molar-refractivity contribution in [2.75, 3.05) is 31.6 Å². The Bertz CT molecular complexity index is 1390. The monoisotopic (exact) mass is 608 g/mol. The number of rotatable bonds is 16. The maximum Gasteiger partial charge on any atom is 0.303 e. The highest BCUT2D eigenvalue weighted by molar-refractivity contribution is 6.01. The fourth-order valence-corrected chi connectivity index (χ4v) is 4.92. The molecule has 1 aliphatic rings. The number of unbranched alkanes of at least 4 members (excludes halogenated alkanes) is 2. The van der Waals surface area contributed by atoms with Crippen LogP contribution in [-0.4, -0.2) is 71.6 Å². The standard InChI is InChI=1S/C31H40N6O7/c1-33-37(18-8-2-3-13-28(41)42)31-23-11-6-7-12-24(23)36(20-21-9-4-5-10-22(21)30(31)32)27(40)16-17-34-26(39)19-35-25(38)14-15-29(43)44/h4-7,9-12,33H,2-3,8,13-20,32H2,1H3,(H,34,39)(H,35,38)(H,41,42)(H,43,44)/b31-30-. The van der Waals surface area contributed by atoms with Crippen LogP contribution in [0.3, 0.4) is 0 Å². The van der Waals surface area contributed by atoms with Crippen molar-refractivity contribution in [3.63, 3.8) is 0 Å². The first-order valence-corrected chi connectivity index (χ1v) is 14.5. The fraction of sp³-hybridized carbons (Fsp3) is 0.387. The molecule has 13 nitrogen and oxygen atoms in total. The molecule has 1 heterocycles. The minimum atomic E-state index is -1.10. The van der Waals surface area contributed by atoms with Crippen LogP contribution in [0.4, 0.5) is 5.69 Å². The number of amides is 3. The van der Waals surface area contributed by atoms with Gasteiger partial charge in [-0.2, -0.15) is 0 Å². The average Bonchev–Trinajstić information content (AvgIpc) is 3.00. The van der Waals surface area contributed by atoms with E-state index in [1.807, 2.05) is 53.5 Å². The normalized spacial score (nSPS) is 14.0. The van der Waals surface area contributed by atoms with Gasteiger partial charge < -0.3 is 36.5 Å². The molecule has 7 N–H and O–H groups in total. The lowest BCUT2D eigenvalue weighted by Crippen LogP contribution is -2.40. The quantitative estimate of drug-likeness (QED) is 0.121. The number of hydrogen-bond donors (Lipinski definition) is 6. The van der Waals surface area contributed by atoms with E-state index in [4.69, 9.17) is 15.9 Å². The SMILES string of the molecule is CNN(CCCCCC(=O)O)/C1=C(\N)c2ccccc2CN(C(=O)CCNC(=O)CNC(=O)CCC(=O)O)c2ccccc21. The molecule has 0 bridgehead atoms. The van der Waals surface area contributed by atoms with E-state index in [2.05, 4.69) is 16.1 Å². The molecule has 3 rings (SSSR count). The molecule has 2 aromatic carbocycles. The van der Waals surface area contributed by atoms with Crippen LogP contribution < -0.4 is 26.7 Å². The van der Waals surface area contributed by atoms with Crippen molar-refractivity contribution >= 4 is 46.7 Å². The number of carbonyl (C=O) groups excluding carboxylic acids is 3. The van der Waals surface area contributed by atoms with E-state index in [0.717, 1.165) is 29.5 Å². The molecule has 0 saturated heterocycles. The van der Waals surface area contributed by atoms with Gasteiger partial charge in [-0.15, -0.1) is 0 Å². The molecular weight excluding hydrogens is 568 g/mol. The van der Waals surface area contributed by atoms with Crippen LogP contribution in [0, 0.1) is 0 Å². The lowest BCUT2D eigenvalue weighted by atomic mass is 9.95. The number of aliphatic carboxylic acids is 2. The van der Waals surface area contributed by atoms with Crippen molar-refractivity contribution in [3.05, 3.63) is 65.2 Å². The number of nitrogens with one attached hydrogen (secondary N) is 3. The number of hydrogen-bond acceptors (Lipinski definition) is 8. The Balaban J connectivity index is 1.80. The van der Waals surface area contributed by atoms with Crippen LogP contribution in [0.5, 0.6) is 0 Å². The molecule has 3 amide bonds. The van der Waals surface area contributed by atoms with Crippen LogP contribution >= 0.6 is 0 Å². The van der Waals surface area contributed by atoms with E-state index in [1.54, 1.807) is 11.9 Å². The summed E-state index contributed by atoms with van der Waals surface area (Å²) in [4.78, 5) is 60.8. The number of nitrogens with two attached hydrogens (primary N) is 1. The summed E-state index contributed by atoms with van der Waals surface area (Å²) in [6.45, 7) is 0.515. The number of carboxylic acids is 2. The highest BCUT2D eigenvalue weighted by atomic mass is 16.4. The second-order valence-electron chi connectivity index (χ2n) is 10.3. The number of anilines is 1. The molecule has 0 radical (unpaired) electrons. The van der Waals surface area contributed by atoms with Gasteiger partial charge in [0.2, 0.25) is 17.7 Å². The first-order valence-electron chi connectivity index (χ1n) is 14.5. The van der Waals surface area contributed by atoms with E-state index < -0.39 is 23.8 Å². The smallest absolute Gasteiger partial charge is 0.303 e. The number of nitrogens with zero attached hydrogens (tertiary/aromatic N) is 2. The van der Waals surface area contributed by atoms with Gasteiger partial charge in [-0.25, -0.2) is 5.43 Å². The summed E-state index contributed by atoms with van der Waals surface area (Å²) >= 11 is 0. The Morgan fingerprint density at radius 2 is 1.50 bits per heavy atom. The third-order valence-electron chi connectivity index (χ3n) is 7.13. The Kier molecular flexibility index (Phi) is 12.7. The molecule has 0 aliphatic carbocycles. The lowest BCUT2D eigenvalue weighted by molar-refractivity contribution is -0.139. The Hall–Kier alpha value is -4.91. The molecule has 0 spiro atoms. The first-order chi connectivity index (χ1) is 21.1. The van der Waals surface area contributed by atoms with Crippen molar-refractivity contribution in [2.45, 2.75) is 51.5 Å². The summed E-state index contributed by atoms with van der Waals surface area (Å²) in [6.07, 6.45) is 1.55. The van der Waals surface area contributed by atoms with Gasteiger partial charge in [0.1, 0.15) is 0 Å². The minimum absolute atomic E-state index is 0.0109. The van der Waals surface area contributed by atoms with Gasteiger partial charge in [0.15, 0.2) is 0 Å². The highest BCUT2D eigenvalue weighted by Gasteiger charge is 2.28. The first kappa shape index (κ1) is 33.6. The molecule has 1 aliphatic heterocycles. The third kappa shape index (κ3) is 9.56. The number of para-hydroxylation sites is 1. The van der Waals surface area contributed by atoms with Crippen molar-refractivity contribution in [2.24, 2.45) is 5.73 Å². The van der Waals surface area contributed by atoms with Crippen LogP contribution in [0.25, 0.3) is 11.4 Å². The topological polar surface area (TPSA) is 194 Å². The predicted molar refractivity (Wildman–Crippen MR) is 164 cm³/mol. The summed E-state index contributed by atoms with van der Waals surface area (Å²) in [6, 6.07) is 15.0. The van der Waals surface area contributed by atoms with Crippen LogP contribution in [0.15, 0.2) is 48.5 Å². The molecule has 0 atom stereocenters. The van der Waals surface area contributed by atoms with Gasteiger partial charge in [0.25, 0.3) is 0 Å². The second kappa shape index (κ2) is 16.7. The van der Waals surface area contributed by atoms with Crippen LogP contribution in [0.2, 0.25) is 0 Å². The molecule has 44 heavy (non-hydrogen) atoms. The Labute approximate surface area is 256 Å². The van der Waals surface area contributed by atoms with Gasteiger partial charge in [0.05, 0.1) is 36.6 Å². The van der Waals surface area contributed by atoms with Crippen molar-refractivity contribution < 1.29 is 34.2 Å². The van der Waals surface area contributed by atoms with E-state index in [9.17, 15) is 24.0 Å². The number of carboxylic acid groups (broad SMARTS) is 2. The molecular formula is C31H40N6O7. The number of benzene rings is 2. The summed E-state index contributed by atoms with van der Waals surface area (Å²) in [5, 5.41) is 24.6. The van der Waals surface area contributed by atoms with Gasteiger partial charge in [0, 0.05) is 50.5 Å².